The summed E-state index contributed by atoms with van der Waals surface area (Å²) >= 11 is 0. The SMILES string of the molecule is CN1CCC2CCCCCC2CC1.CN1CCC2CCCNCC2CC1.CN1CCCC2CCCCCC2C1.CN1CCCC2CCCCNC2C1.CN1CCCC2CCCNCC2C1.CN1CCCC2CNCCCC2C1.CN1CCCC2NCCCCC2C1.CN1CCCCC2CCCCCC21.CN1CCCCC2CCCNCC21.CN1CCCCC2CNCCCC21.CN1CCCCC2NCCCCC21. The van der Waals surface area contributed by atoms with Crippen molar-refractivity contribution in [1.82, 2.24) is 96.4 Å². The first-order valence-corrected chi connectivity index (χ1v) is 64.4. The van der Waals surface area contributed by atoms with Gasteiger partial charge in [0.1, 0.15) is 0 Å². The van der Waals surface area contributed by atoms with Crippen molar-refractivity contribution in [2.24, 2.45) is 88.8 Å². The van der Waals surface area contributed by atoms with Crippen molar-refractivity contribution >= 4 is 0 Å². The van der Waals surface area contributed by atoms with Gasteiger partial charge in [-0.2, -0.15) is 0 Å². The molecule has 143 heavy (non-hydrogen) atoms. The van der Waals surface area contributed by atoms with Crippen molar-refractivity contribution in [3.05, 3.63) is 0 Å². The summed E-state index contributed by atoms with van der Waals surface area (Å²) in [6, 6.07) is 5.86. The molecule has 0 aromatic rings. The van der Waals surface area contributed by atoms with Crippen LogP contribution in [0.4, 0.5) is 0 Å². The van der Waals surface area contributed by atoms with E-state index in [1.54, 1.807) is 0 Å². The summed E-state index contributed by atoms with van der Waals surface area (Å²) in [5.74, 6) is 15.0. The number of hydrogen-bond donors (Lipinski definition) is 8. The Kier molecular flexibility index (Phi) is 60.3. The standard InChI is InChI=1S/3C12H23N.8C11H22N2/c1-13-10-6-5-8-11-7-3-2-4-9-12(11)13;1-13-9-5-8-11-6-3-2-4-7-12(11)10-13;1-13-9-7-11-5-3-2-4-6-12(11)8-10-13;1-13-9-5-3-6-10-11(13)7-2-4-8-12-10;1-13-7-3-5-10-8-12-6-2-4-11(10)9-13;1-13-7-3-5-10-4-2-6-12-8-11(10)9-13;1-13-7-4-10-3-2-6-12-9-11(10)5-8-13;1-13-8-3-2-5-10-9-12-7-4-6-11(10)13;1-13-8-3-2-5-10-6-4-7-12-9-11(10)13;1-13-8-4-6-11-10(9-13)5-2-3-7-12-11;1-13-8-4-6-10-5-2-3-7-12-11(10)9-13/h3*11-12H,2-10H2,1H3;8*10-12H,2-9H2,1H3. The number of nitrogens with zero attached hydrogens (tertiary/aromatic N) is 11. The summed E-state index contributed by atoms with van der Waals surface area (Å²) in [5, 5.41) is 29.0. The molecule has 22 unspecified atom stereocenters. The van der Waals surface area contributed by atoms with Crippen LogP contribution in [0.3, 0.4) is 0 Å². The normalized spacial score (nSPS) is 37.6. The second-order valence-corrected chi connectivity index (χ2v) is 52.7. The van der Waals surface area contributed by atoms with Crippen molar-refractivity contribution < 1.29 is 0 Å². The Morgan fingerprint density at radius 3 is 0.937 bits per heavy atom. The third kappa shape index (κ3) is 45.5. The van der Waals surface area contributed by atoms with E-state index in [1.165, 1.54) is 588 Å². The third-order valence-electron chi connectivity index (χ3n) is 41.4. The van der Waals surface area contributed by atoms with E-state index in [-0.39, 0.29) is 0 Å². The Morgan fingerprint density at radius 1 is 0.133 bits per heavy atom. The van der Waals surface area contributed by atoms with Crippen LogP contribution < -0.4 is 42.5 Å². The van der Waals surface area contributed by atoms with Crippen LogP contribution >= 0.6 is 0 Å². The number of rotatable bonds is 0. The maximum Gasteiger partial charge on any atom is 0.0246 e. The van der Waals surface area contributed by atoms with Gasteiger partial charge in [-0.05, 0) is 593 Å². The maximum absolute atomic E-state index is 3.72. The zero-order valence-corrected chi connectivity index (χ0v) is 97.0. The minimum absolute atomic E-state index is 0.787. The summed E-state index contributed by atoms with van der Waals surface area (Å²) < 4.78 is 0. The fourth-order valence-electron chi connectivity index (χ4n) is 32.3. The molecule has 0 aromatic heterocycles. The number of hydrogen-bond acceptors (Lipinski definition) is 19. The maximum atomic E-state index is 3.72. The van der Waals surface area contributed by atoms with E-state index in [1.807, 2.05) is 0 Å². The monoisotopic (exact) mass is 2000 g/mol. The van der Waals surface area contributed by atoms with Gasteiger partial charge in [-0.25, -0.2) is 0 Å². The molecule has 19 nitrogen and oxygen atoms in total. The molecule has 8 N–H and O–H groups in total. The number of likely N-dealkylation sites (tertiary alicyclic amines) is 11. The molecule has 0 spiro atoms. The summed E-state index contributed by atoms with van der Waals surface area (Å²) in [6.07, 6.45) is 86.8. The Bertz CT molecular complexity index is 2660. The summed E-state index contributed by atoms with van der Waals surface area (Å²) in [7, 11) is 25.2. The molecule has 3 saturated carbocycles. The highest BCUT2D eigenvalue weighted by atomic mass is 15.2. The average molecular weight is 2000 g/mol. The van der Waals surface area contributed by atoms with Gasteiger partial charge in [-0.15, -0.1) is 0 Å². The second-order valence-electron chi connectivity index (χ2n) is 52.7. The van der Waals surface area contributed by atoms with E-state index in [0.717, 1.165) is 131 Å². The Balaban J connectivity index is 0.000000140. The molecule has 22 atom stereocenters. The van der Waals surface area contributed by atoms with E-state index < -0.39 is 0 Å². The quantitative estimate of drug-likeness (QED) is 0.117. The van der Waals surface area contributed by atoms with Crippen LogP contribution in [0, 0.1) is 88.8 Å². The van der Waals surface area contributed by atoms with Gasteiger partial charge in [0.2, 0.25) is 0 Å². The first-order chi connectivity index (χ1) is 70.0. The molecule has 0 radical (unpaired) electrons. The summed E-state index contributed by atoms with van der Waals surface area (Å²) in [4.78, 5) is 28.0. The molecular weight excluding hydrogens is 1760 g/mol. The largest absolute Gasteiger partial charge is 0.316 e. The highest BCUT2D eigenvalue weighted by molar-refractivity contribution is 4.94. The van der Waals surface area contributed by atoms with E-state index in [0.29, 0.717) is 0 Å². The summed E-state index contributed by atoms with van der Waals surface area (Å²) in [5.41, 5.74) is 0. The third-order valence-corrected chi connectivity index (χ3v) is 41.4. The van der Waals surface area contributed by atoms with Crippen LogP contribution in [0.1, 0.15) is 385 Å². The van der Waals surface area contributed by atoms with Crippen LogP contribution in [-0.2, 0) is 0 Å². The molecule has 19 saturated heterocycles. The number of fused-ring (bicyclic) bond motifs is 11. The van der Waals surface area contributed by atoms with E-state index in [9.17, 15) is 0 Å². The highest BCUT2D eigenvalue weighted by Gasteiger charge is 2.38. The lowest BCUT2D eigenvalue weighted by Crippen LogP contribution is -2.46. The van der Waals surface area contributed by atoms with Gasteiger partial charge in [0.15, 0.2) is 0 Å². The fraction of sp³-hybridized carbons (Fsp3) is 1.00. The molecule has 3 aliphatic carbocycles. The molecule has 22 rings (SSSR count). The van der Waals surface area contributed by atoms with Crippen molar-refractivity contribution in [2.45, 2.75) is 428 Å². The molecule has 0 amide bonds. The molecule has 22 aliphatic rings. The minimum atomic E-state index is 0.787. The molecule has 0 bridgehead atoms. The molecule has 19 heteroatoms. The molecule has 19 heterocycles. The Morgan fingerprint density at radius 2 is 0.399 bits per heavy atom. The zero-order valence-electron chi connectivity index (χ0n) is 97.0. The van der Waals surface area contributed by atoms with Gasteiger partial charge in [0.25, 0.3) is 0 Å². The van der Waals surface area contributed by atoms with Crippen LogP contribution in [0.15, 0.2) is 0 Å². The molecule has 19 aliphatic heterocycles. The molecular formula is C124H245N19. The Labute approximate surface area is 887 Å². The van der Waals surface area contributed by atoms with Crippen molar-refractivity contribution in [1.29, 1.82) is 0 Å². The van der Waals surface area contributed by atoms with E-state index in [2.05, 4.69) is 174 Å². The van der Waals surface area contributed by atoms with Crippen molar-refractivity contribution in [3.8, 4) is 0 Å². The molecule has 836 valence electrons. The van der Waals surface area contributed by atoms with Gasteiger partial charge < -0.3 is 96.4 Å². The smallest absolute Gasteiger partial charge is 0.0246 e. The predicted octanol–water partition coefficient (Wildman–Crippen LogP) is 20.3. The van der Waals surface area contributed by atoms with Gasteiger partial charge in [0, 0.05) is 81.6 Å². The second kappa shape index (κ2) is 71.4. The highest BCUT2D eigenvalue weighted by Crippen LogP contribution is 2.40. The summed E-state index contributed by atoms with van der Waals surface area (Å²) in [6.45, 7) is 40.1. The topological polar surface area (TPSA) is 132 Å². The first-order valence-electron chi connectivity index (χ1n) is 64.4. The van der Waals surface area contributed by atoms with Crippen LogP contribution in [-0.4, -0.2) is 377 Å². The number of likely N-dealkylation sites (N-methyl/N-ethyl adjacent to an activating group) is 3. The van der Waals surface area contributed by atoms with Crippen molar-refractivity contribution in [2.75, 3.05) is 280 Å². The van der Waals surface area contributed by atoms with Gasteiger partial charge in [0.05, 0.1) is 0 Å². The predicted molar refractivity (Wildman–Crippen MR) is 617 cm³/mol. The van der Waals surface area contributed by atoms with E-state index >= 15 is 0 Å². The van der Waals surface area contributed by atoms with Crippen LogP contribution in [0.25, 0.3) is 0 Å². The first kappa shape index (κ1) is 121. The molecule has 0 aromatic carbocycles. The lowest BCUT2D eigenvalue weighted by molar-refractivity contribution is 0.181. The van der Waals surface area contributed by atoms with E-state index in [4.69, 9.17) is 0 Å². The minimum Gasteiger partial charge on any atom is -0.316 e. The van der Waals surface area contributed by atoms with Crippen LogP contribution in [0.5, 0.6) is 0 Å². The Hall–Kier alpha value is -0.760. The van der Waals surface area contributed by atoms with Crippen molar-refractivity contribution in [3.63, 3.8) is 0 Å². The molecule has 22 fully saturated rings. The van der Waals surface area contributed by atoms with Gasteiger partial charge in [-0.1, -0.05) is 122 Å². The van der Waals surface area contributed by atoms with Gasteiger partial charge in [-0.3, -0.25) is 0 Å². The lowest BCUT2D eigenvalue weighted by atomic mass is 9.84. The fourth-order valence-corrected chi connectivity index (χ4v) is 32.3. The van der Waals surface area contributed by atoms with Gasteiger partial charge >= 0.3 is 0 Å². The number of nitrogens with one attached hydrogen (secondary N) is 8. The zero-order chi connectivity index (χ0) is 100. The lowest BCUT2D eigenvalue weighted by Gasteiger charge is -2.31. The van der Waals surface area contributed by atoms with Crippen LogP contribution in [0.2, 0.25) is 0 Å². The average Bonchev–Trinajstić information content (AvgIpc) is 1.74.